The Morgan fingerprint density at radius 1 is 1.18 bits per heavy atom. The molecule has 1 saturated heterocycles. The first-order chi connectivity index (χ1) is 8.31. The Labute approximate surface area is 106 Å². The number of likely N-dealkylation sites (tertiary alicyclic amines) is 1. The fourth-order valence-corrected chi connectivity index (χ4v) is 4.32. The van der Waals surface area contributed by atoms with Crippen molar-refractivity contribution in [1.82, 2.24) is 10.2 Å². The highest BCUT2D eigenvalue weighted by Gasteiger charge is 2.39. The first-order valence-electron chi connectivity index (χ1n) is 7.77. The van der Waals surface area contributed by atoms with E-state index in [2.05, 4.69) is 17.1 Å². The van der Waals surface area contributed by atoms with E-state index in [0.717, 1.165) is 23.8 Å². The van der Waals surface area contributed by atoms with E-state index in [4.69, 9.17) is 0 Å². The smallest absolute Gasteiger partial charge is 0.00981 e. The number of fused-ring (bicyclic) bond motifs is 2. The molecule has 1 heterocycles. The molecule has 4 atom stereocenters. The van der Waals surface area contributed by atoms with E-state index in [1.807, 2.05) is 0 Å². The molecular formula is C15H28N2. The number of hydrogen-bond donors (Lipinski definition) is 1. The predicted molar refractivity (Wildman–Crippen MR) is 72.1 cm³/mol. The SMILES string of the molecule is CC(CNC1CC2CCC1C2)CN1CCCC1. The number of nitrogens with zero attached hydrogens (tertiary/aromatic N) is 1. The average molecular weight is 236 g/mol. The molecule has 98 valence electrons. The zero-order chi connectivity index (χ0) is 11.7. The molecule has 0 aromatic heterocycles. The van der Waals surface area contributed by atoms with E-state index in [1.54, 1.807) is 0 Å². The lowest BCUT2D eigenvalue weighted by Gasteiger charge is -2.26. The number of hydrogen-bond acceptors (Lipinski definition) is 2. The van der Waals surface area contributed by atoms with Crippen LogP contribution in [-0.4, -0.2) is 37.1 Å². The summed E-state index contributed by atoms with van der Waals surface area (Å²) in [5.41, 5.74) is 0. The van der Waals surface area contributed by atoms with Crippen LogP contribution >= 0.6 is 0 Å². The van der Waals surface area contributed by atoms with Crippen molar-refractivity contribution in [3.05, 3.63) is 0 Å². The Hall–Kier alpha value is -0.0800. The minimum Gasteiger partial charge on any atom is -0.313 e. The molecule has 2 aliphatic carbocycles. The van der Waals surface area contributed by atoms with Crippen molar-refractivity contribution in [2.75, 3.05) is 26.2 Å². The Morgan fingerprint density at radius 2 is 2.00 bits per heavy atom. The maximum absolute atomic E-state index is 3.86. The minimum atomic E-state index is 0.826. The highest BCUT2D eigenvalue weighted by atomic mass is 15.1. The lowest BCUT2D eigenvalue weighted by atomic mass is 9.95. The summed E-state index contributed by atoms with van der Waals surface area (Å²) in [5.74, 6) is 2.93. The Balaban J connectivity index is 1.36. The second kappa shape index (κ2) is 5.27. The van der Waals surface area contributed by atoms with Crippen LogP contribution in [0.15, 0.2) is 0 Å². The van der Waals surface area contributed by atoms with Gasteiger partial charge in [-0.1, -0.05) is 13.3 Å². The van der Waals surface area contributed by atoms with Gasteiger partial charge in [0, 0.05) is 12.6 Å². The molecule has 2 heteroatoms. The largest absolute Gasteiger partial charge is 0.313 e. The summed E-state index contributed by atoms with van der Waals surface area (Å²) < 4.78 is 0. The first kappa shape index (κ1) is 12.0. The monoisotopic (exact) mass is 236 g/mol. The van der Waals surface area contributed by atoms with E-state index in [0.29, 0.717) is 0 Å². The molecule has 2 saturated carbocycles. The summed E-state index contributed by atoms with van der Waals surface area (Å²) in [6, 6.07) is 0.870. The maximum Gasteiger partial charge on any atom is 0.00981 e. The van der Waals surface area contributed by atoms with Crippen LogP contribution in [0.4, 0.5) is 0 Å². The third kappa shape index (κ3) is 2.85. The molecule has 17 heavy (non-hydrogen) atoms. The van der Waals surface area contributed by atoms with Gasteiger partial charge in [-0.05, 0) is 69.5 Å². The van der Waals surface area contributed by atoms with Gasteiger partial charge in [0.2, 0.25) is 0 Å². The summed E-state index contributed by atoms with van der Waals surface area (Å²) in [6.45, 7) is 7.66. The highest BCUT2D eigenvalue weighted by molar-refractivity contribution is 4.94. The fraction of sp³-hybridized carbons (Fsp3) is 1.00. The molecule has 2 nitrogen and oxygen atoms in total. The van der Waals surface area contributed by atoms with Crippen LogP contribution in [0.3, 0.4) is 0 Å². The summed E-state index contributed by atoms with van der Waals surface area (Å²) >= 11 is 0. The van der Waals surface area contributed by atoms with E-state index in [1.165, 1.54) is 64.7 Å². The van der Waals surface area contributed by atoms with Gasteiger partial charge in [0.25, 0.3) is 0 Å². The first-order valence-corrected chi connectivity index (χ1v) is 7.77. The topological polar surface area (TPSA) is 15.3 Å². The van der Waals surface area contributed by atoms with Crippen molar-refractivity contribution in [3.63, 3.8) is 0 Å². The van der Waals surface area contributed by atoms with Crippen LogP contribution < -0.4 is 5.32 Å². The average Bonchev–Trinajstić information content (AvgIpc) is 3.02. The lowest BCUT2D eigenvalue weighted by molar-refractivity contribution is 0.265. The van der Waals surface area contributed by atoms with Crippen molar-refractivity contribution in [1.29, 1.82) is 0 Å². The van der Waals surface area contributed by atoms with Gasteiger partial charge in [-0.2, -0.15) is 0 Å². The third-order valence-electron chi connectivity index (χ3n) is 5.24. The van der Waals surface area contributed by atoms with Gasteiger partial charge < -0.3 is 10.2 Å². The van der Waals surface area contributed by atoms with Gasteiger partial charge in [-0.25, -0.2) is 0 Å². The molecule has 0 radical (unpaired) electrons. The van der Waals surface area contributed by atoms with Crippen molar-refractivity contribution < 1.29 is 0 Å². The van der Waals surface area contributed by atoms with Crippen LogP contribution in [0.1, 0.15) is 45.4 Å². The van der Waals surface area contributed by atoms with Crippen molar-refractivity contribution in [3.8, 4) is 0 Å². The second-order valence-corrected chi connectivity index (χ2v) is 6.80. The van der Waals surface area contributed by atoms with E-state index < -0.39 is 0 Å². The zero-order valence-electron chi connectivity index (χ0n) is 11.3. The number of rotatable bonds is 5. The number of nitrogens with one attached hydrogen (secondary N) is 1. The molecular weight excluding hydrogens is 208 g/mol. The summed E-state index contributed by atoms with van der Waals surface area (Å²) in [5, 5.41) is 3.86. The van der Waals surface area contributed by atoms with E-state index in [-0.39, 0.29) is 0 Å². The Kier molecular flexibility index (Phi) is 3.72. The van der Waals surface area contributed by atoms with Crippen LogP contribution in [-0.2, 0) is 0 Å². The summed E-state index contributed by atoms with van der Waals surface area (Å²) in [6.07, 6.45) is 8.87. The van der Waals surface area contributed by atoms with Crippen molar-refractivity contribution >= 4 is 0 Å². The molecule has 3 fully saturated rings. The van der Waals surface area contributed by atoms with Gasteiger partial charge in [0.1, 0.15) is 0 Å². The Bertz CT molecular complexity index is 247. The molecule has 1 aliphatic heterocycles. The molecule has 1 N–H and O–H groups in total. The standard InChI is InChI=1S/C15H28N2/c1-12(11-17-6-2-3-7-17)10-16-15-9-13-4-5-14(15)8-13/h12-16H,2-11H2,1H3. The summed E-state index contributed by atoms with van der Waals surface area (Å²) in [4.78, 5) is 2.65. The molecule has 0 amide bonds. The molecule has 0 aromatic carbocycles. The summed E-state index contributed by atoms with van der Waals surface area (Å²) in [7, 11) is 0. The molecule has 3 rings (SSSR count). The second-order valence-electron chi connectivity index (χ2n) is 6.80. The van der Waals surface area contributed by atoms with Gasteiger partial charge >= 0.3 is 0 Å². The van der Waals surface area contributed by atoms with Crippen LogP contribution in [0.25, 0.3) is 0 Å². The molecule has 2 bridgehead atoms. The highest BCUT2D eigenvalue weighted by Crippen LogP contribution is 2.44. The van der Waals surface area contributed by atoms with Gasteiger partial charge in [0.15, 0.2) is 0 Å². The van der Waals surface area contributed by atoms with Gasteiger partial charge in [0.05, 0.1) is 0 Å². The predicted octanol–water partition coefficient (Wildman–Crippen LogP) is 2.50. The van der Waals surface area contributed by atoms with E-state index in [9.17, 15) is 0 Å². The van der Waals surface area contributed by atoms with Crippen LogP contribution in [0, 0.1) is 17.8 Å². The maximum atomic E-state index is 3.86. The molecule has 0 spiro atoms. The zero-order valence-corrected chi connectivity index (χ0v) is 11.3. The minimum absolute atomic E-state index is 0.826. The third-order valence-corrected chi connectivity index (χ3v) is 5.24. The van der Waals surface area contributed by atoms with Crippen LogP contribution in [0.5, 0.6) is 0 Å². The van der Waals surface area contributed by atoms with Gasteiger partial charge in [-0.15, -0.1) is 0 Å². The van der Waals surface area contributed by atoms with E-state index >= 15 is 0 Å². The fourth-order valence-electron chi connectivity index (χ4n) is 4.32. The molecule has 4 unspecified atom stereocenters. The molecule has 3 aliphatic rings. The van der Waals surface area contributed by atoms with Crippen LogP contribution in [0.2, 0.25) is 0 Å². The lowest BCUT2D eigenvalue weighted by Crippen LogP contribution is -2.39. The Morgan fingerprint density at radius 3 is 2.65 bits per heavy atom. The quantitative estimate of drug-likeness (QED) is 0.789. The molecule has 0 aromatic rings. The van der Waals surface area contributed by atoms with Gasteiger partial charge in [-0.3, -0.25) is 0 Å². The van der Waals surface area contributed by atoms with Crippen molar-refractivity contribution in [2.45, 2.75) is 51.5 Å². The normalized spacial score (nSPS) is 39.0. The van der Waals surface area contributed by atoms with Crippen molar-refractivity contribution in [2.24, 2.45) is 17.8 Å².